The lowest BCUT2D eigenvalue weighted by atomic mass is 10.1. The Labute approximate surface area is 211 Å². The van der Waals surface area contributed by atoms with Crippen molar-refractivity contribution in [3.63, 3.8) is 0 Å². The van der Waals surface area contributed by atoms with Gasteiger partial charge in [-0.3, -0.25) is 9.59 Å². The van der Waals surface area contributed by atoms with Crippen molar-refractivity contribution in [2.75, 3.05) is 25.6 Å². The minimum atomic E-state index is -0.532. The number of methoxy groups -OCH3 is 1. The summed E-state index contributed by atoms with van der Waals surface area (Å²) in [5.41, 5.74) is 2.06. The van der Waals surface area contributed by atoms with Crippen molar-refractivity contribution in [2.45, 2.75) is 25.9 Å². The van der Waals surface area contributed by atoms with E-state index >= 15 is 0 Å². The van der Waals surface area contributed by atoms with E-state index in [0.717, 1.165) is 18.4 Å². The molecule has 2 amide bonds. The first-order chi connectivity index (χ1) is 17.5. The van der Waals surface area contributed by atoms with Crippen LogP contribution in [0.4, 0.5) is 5.69 Å². The molecule has 0 saturated carbocycles. The Hall–Kier alpha value is -3.96. The minimum Gasteiger partial charge on any atom is -0.480 e. The Bertz CT molecular complexity index is 1440. The highest BCUT2D eigenvalue weighted by molar-refractivity contribution is 6.32. The van der Waals surface area contributed by atoms with Gasteiger partial charge < -0.3 is 20.1 Å². The van der Waals surface area contributed by atoms with Crippen molar-refractivity contribution in [1.29, 1.82) is 0 Å². The van der Waals surface area contributed by atoms with Gasteiger partial charge in [-0.25, -0.2) is 14.2 Å². The predicted molar refractivity (Wildman–Crippen MR) is 132 cm³/mol. The van der Waals surface area contributed by atoms with Gasteiger partial charge in [-0.05, 0) is 49.6 Å². The smallest absolute Gasteiger partial charge is 0.274 e. The summed E-state index contributed by atoms with van der Waals surface area (Å²) >= 11 is 6.31. The van der Waals surface area contributed by atoms with Gasteiger partial charge in [0.15, 0.2) is 11.5 Å². The first-order valence-corrected chi connectivity index (χ1v) is 11.8. The molecule has 2 N–H and O–H groups in total. The van der Waals surface area contributed by atoms with Crippen molar-refractivity contribution >= 4 is 34.6 Å². The van der Waals surface area contributed by atoms with Crippen LogP contribution in [0, 0.1) is 6.92 Å². The van der Waals surface area contributed by atoms with Crippen molar-refractivity contribution in [3.05, 3.63) is 64.7 Å². The average Bonchev–Trinajstić information content (AvgIpc) is 3.64. The minimum absolute atomic E-state index is 0.0325. The quantitative estimate of drug-likeness (QED) is 0.392. The van der Waals surface area contributed by atoms with Crippen LogP contribution in [-0.4, -0.2) is 62.6 Å². The van der Waals surface area contributed by atoms with Crippen LogP contribution in [0.2, 0.25) is 5.02 Å². The number of fused-ring (bicyclic) bond motifs is 1. The summed E-state index contributed by atoms with van der Waals surface area (Å²) in [4.78, 5) is 31.1. The van der Waals surface area contributed by atoms with Crippen LogP contribution in [0.1, 0.15) is 39.4 Å². The molecule has 1 aliphatic rings. The Morgan fingerprint density at radius 2 is 2.11 bits per heavy atom. The van der Waals surface area contributed by atoms with Gasteiger partial charge in [-0.15, -0.1) is 5.10 Å². The van der Waals surface area contributed by atoms with Crippen molar-refractivity contribution in [3.8, 4) is 11.7 Å². The molecular formula is C24H24ClN7O4. The molecule has 1 fully saturated rings. The molecule has 0 aliphatic carbocycles. The third-order valence-electron chi connectivity index (χ3n) is 5.92. The molecule has 0 aromatic carbocycles. The Balaban J connectivity index is 1.52. The molecular weight excluding hydrogens is 486 g/mol. The molecule has 36 heavy (non-hydrogen) atoms. The Kier molecular flexibility index (Phi) is 6.57. The molecule has 4 aromatic rings. The lowest BCUT2D eigenvalue weighted by Crippen LogP contribution is -2.34. The molecule has 0 radical (unpaired) electrons. The standard InChI is InChI=1S/C24H24ClN7O4/c1-14-11-15-7-9-28-31(15)21(24(34)27-13-16-5-4-10-36-16)20(14)29-23(33)18-12-19(35-2)30-32(18)22-17(25)6-3-8-26-22/h3,6-9,11-12,16H,4-5,10,13H2,1-2H3,(H,27,34)(H,29,33). The number of pyridine rings is 2. The molecule has 1 aliphatic heterocycles. The van der Waals surface area contributed by atoms with E-state index in [9.17, 15) is 9.59 Å². The highest BCUT2D eigenvalue weighted by atomic mass is 35.5. The van der Waals surface area contributed by atoms with Gasteiger partial charge in [0.25, 0.3) is 11.8 Å². The van der Waals surface area contributed by atoms with E-state index < -0.39 is 5.91 Å². The van der Waals surface area contributed by atoms with Gasteiger partial charge in [0, 0.05) is 25.4 Å². The van der Waals surface area contributed by atoms with Gasteiger partial charge in [0.1, 0.15) is 5.69 Å². The second-order valence-corrected chi connectivity index (χ2v) is 8.72. The van der Waals surface area contributed by atoms with Crippen LogP contribution in [0.3, 0.4) is 0 Å². The summed E-state index contributed by atoms with van der Waals surface area (Å²) in [6, 6.07) is 8.42. The fraction of sp³-hybridized carbons (Fsp3) is 0.292. The molecule has 5 rings (SSSR count). The lowest BCUT2D eigenvalue weighted by Gasteiger charge is -2.17. The third kappa shape index (κ3) is 4.50. The second-order valence-electron chi connectivity index (χ2n) is 8.31. The molecule has 4 aromatic heterocycles. The van der Waals surface area contributed by atoms with Crippen LogP contribution in [0.5, 0.6) is 5.88 Å². The maximum Gasteiger partial charge on any atom is 0.274 e. The largest absolute Gasteiger partial charge is 0.480 e. The molecule has 1 unspecified atom stereocenters. The van der Waals surface area contributed by atoms with E-state index in [0.29, 0.717) is 29.4 Å². The normalized spacial score (nSPS) is 15.2. The zero-order valence-corrected chi connectivity index (χ0v) is 20.5. The summed E-state index contributed by atoms with van der Waals surface area (Å²) in [6.07, 6.45) is 4.96. The fourth-order valence-corrected chi connectivity index (χ4v) is 4.35. The number of nitrogens with one attached hydrogen (secondary N) is 2. The van der Waals surface area contributed by atoms with Gasteiger partial charge in [0.2, 0.25) is 5.88 Å². The van der Waals surface area contributed by atoms with E-state index in [-0.39, 0.29) is 35.1 Å². The number of hydrogen-bond acceptors (Lipinski definition) is 7. The molecule has 5 heterocycles. The number of amides is 2. The zero-order valence-electron chi connectivity index (χ0n) is 19.7. The molecule has 0 bridgehead atoms. The fourth-order valence-electron chi connectivity index (χ4n) is 4.15. The molecule has 12 heteroatoms. The van der Waals surface area contributed by atoms with Gasteiger partial charge in [0.05, 0.1) is 35.6 Å². The highest BCUT2D eigenvalue weighted by Crippen LogP contribution is 2.26. The van der Waals surface area contributed by atoms with Crippen LogP contribution in [0.15, 0.2) is 42.7 Å². The van der Waals surface area contributed by atoms with Crippen molar-refractivity contribution < 1.29 is 19.1 Å². The second kappa shape index (κ2) is 9.96. The number of carbonyl (C=O) groups is 2. The Morgan fingerprint density at radius 1 is 1.25 bits per heavy atom. The number of aryl methyl sites for hydroxylation is 1. The van der Waals surface area contributed by atoms with E-state index in [4.69, 9.17) is 21.1 Å². The number of ether oxygens (including phenoxy) is 2. The van der Waals surface area contributed by atoms with Gasteiger partial charge >= 0.3 is 0 Å². The maximum absolute atomic E-state index is 13.5. The van der Waals surface area contributed by atoms with E-state index in [2.05, 4.69) is 25.8 Å². The van der Waals surface area contributed by atoms with Crippen molar-refractivity contribution in [2.24, 2.45) is 0 Å². The van der Waals surface area contributed by atoms with E-state index in [1.807, 2.05) is 13.0 Å². The van der Waals surface area contributed by atoms with E-state index in [1.165, 1.54) is 22.4 Å². The Morgan fingerprint density at radius 3 is 2.86 bits per heavy atom. The molecule has 1 atom stereocenters. The van der Waals surface area contributed by atoms with Crippen LogP contribution < -0.4 is 15.4 Å². The number of rotatable bonds is 7. The van der Waals surface area contributed by atoms with E-state index in [1.54, 1.807) is 30.6 Å². The zero-order chi connectivity index (χ0) is 25.2. The third-order valence-corrected chi connectivity index (χ3v) is 6.21. The number of hydrogen-bond donors (Lipinski definition) is 2. The topological polar surface area (TPSA) is 125 Å². The summed E-state index contributed by atoms with van der Waals surface area (Å²) in [7, 11) is 1.45. The number of aromatic nitrogens is 5. The number of nitrogens with zero attached hydrogens (tertiary/aromatic N) is 5. The SMILES string of the molecule is COc1cc(C(=O)Nc2c(C)cc3ccnn3c2C(=O)NCC2CCCO2)n(-c2ncccc2Cl)n1. The summed E-state index contributed by atoms with van der Waals surface area (Å²) < 4.78 is 13.7. The number of anilines is 1. The van der Waals surface area contributed by atoms with Crippen LogP contribution in [-0.2, 0) is 4.74 Å². The highest BCUT2D eigenvalue weighted by Gasteiger charge is 2.26. The molecule has 11 nitrogen and oxygen atoms in total. The maximum atomic E-state index is 13.5. The monoisotopic (exact) mass is 509 g/mol. The first-order valence-electron chi connectivity index (χ1n) is 11.4. The van der Waals surface area contributed by atoms with Crippen LogP contribution >= 0.6 is 11.6 Å². The van der Waals surface area contributed by atoms with Crippen molar-refractivity contribution in [1.82, 2.24) is 29.7 Å². The van der Waals surface area contributed by atoms with Gasteiger partial charge in [-0.1, -0.05) is 11.6 Å². The molecule has 186 valence electrons. The lowest BCUT2D eigenvalue weighted by molar-refractivity contribution is 0.0852. The average molecular weight is 510 g/mol. The number of halogens is 1. The molecule has 1 saturated heterocycles. The van der Waals surface area contributed by atoms with Gasteiger partial charge in [-0.2, -0.15) is 5.10 Å². The summed E-state index contributed by atoms with van der Waals surface area (Å²) in [5.74, 6) is -0.440. The summed E-state index contributed by atoms with van der Waals surface area (Å²) in [5, 5.41) is 14.7. The predicted octanol–water partition coefficient (Wildman–Crippen LogP) is 3.05. The number of carbonyl (C=O) groups excluding carboxylic acids is 2. The molecule has 0 spiro atoms. The summed E-state index contributed by atoms with van der Waals surface area (Å²) in [6.45, 7) is 2.87. The first kappa shape index (κ1) is 23.8. The van der Waals surface area contributed by atoms with Crippen LogP contribution in [0.25, 0.3) is 11.3 Å².